The Morgan fingerprint density at radius 3 is 2.72 bits per heavy atom. The average molecular weight is 254 g/mol. The highest BCUT2D eigenvalue weighted by atomic mass is 19.4. The Bertz CT molecular complexity index is 687. The van der Waals surface area contributed by atoms with Gasteiger partial charge in [0.15, 0.2) is 5.76 Å². The highest BCUT2D eigenvalue weighted by Gasteiger charge is 2.36. The van der Waals surface area contributed by atoms with Gasteiger partial charge >= 0.3 is 6.18 Å². The van der Waals surface area contributed by atoms with Crippen molar-refractivity contribution in [1.29, 1.82) is 0 Å². The second-order valence-electron chi connectivity index (χ2n) is 3.45. The van der Waals surface area contributed by atoms with Crippen molar-refractivity contribution in [3.05, 3.63) is 36.5 Å². The minimum absolute atomic E-state index is 0.128. The lowest BCUT2D eigenvalue weighted by atomic mass is 10.3. The molecule has 3 aromatic rings. The number of hydrogen-bond acceptors (Lipinski definition) is 4. The predicted molar refractivity (Wildman–Crippen MR) is 53.5 cm³/mol. The van der Waals surface area contributed by atoms with Gasteiger partial charge in [-0.05, 0) is 18.2 Å². The molecule has 0 bridgehead atoms. The quantitative estimate of drug-likeness (QED) is 0.669. The van der Waals surface area contributed by atoms with E-state index in [4.69, 9.17) is 4.42 Å². The first-order valence-corrected chi connectivity index (χ1v) is 4.88. The van der Waals surface area contributed by atoms with Crippen LogP contribution in [0.15, 0.2) is 35.1 Å². The molecular weight excluding hydrogens is 249 g/mol. The predicted octanol–water partition coefficient (Wildman–Crippen LogP) is 2.40. The maximum atomic E-state index is 12.5. The fourth-order valence-corrected chi connectivity index (χ4v) is 1.53. The number of alkyl halides is 3. The first-order chi connectivity index (χ1) is 8.55. The molecule has 0 aliphatic rings. The number of aromatic nitrogens is 4. The van der Waals surface area contributed by atoms with Gasteiger partial charge in [-0.2, -0.15) is 22.7 Å². The standard InChI is InChI=1S/C10H5F3N4O/c11-10(12,13)8-15-9-14-4-3-6(17(9)16-8)7-2-1-5-18-7/h1-5H. The topological polar surface area (TPSA) is 56.2 Å². The monoisotopic (exact) mass is 254 g/mol. The van der Waals surface area contributed by atoms with Crippen LogP contribution in [0.3, 0.4) is 0 Å². The zero-order chi connectivity index (χ0) is 12.8. The molecule has 0 radical (unpaired) electrons. The molecule has 18 heavy (non-hydrogen) atoms. The molecule has 5 nitrogen and oxygen atoms in total. The van der Waals surface area contributed by atoms with E-state index >= 15 is 0 Å². The molecule has 0 amide bonds. The molecule has 0 unspecified atom stereocenters. The van der Waals surface area contributed by atoms with Gasteiger partial charge < -0.3 is 4.42 Å². The van der Waals surface area contributed by atoms with E-state index in [9.17, 15) is 13.2 Å². The third kappa shape index (κ3) is 1.62. The zero-order valence-electron chi connectivity index (χ0n) is 8.72. The smallest absolute Gasteiger partial charge is 0.453 e. The largest absolute Gasteiger partial charge is 0.463 e. The average Bonchev–Trinajstić information content (AvgIpc) is 2.96. The maximum absolute atomic E-state index is 12.5. The minimum Gasteiger partial charge on any atom is -0.463 e. The van der Waals surface area contributed by atoms with Crippen molar-refractivity contribution in [2.45, 2.75) is 6.18 Å². The van der Waals surface area contributed by atoms with Crippen molar-refractivity contribution < 1.29 is 17.6 Å². The second kappa shape index (κ2) is 3.56. The van der Waals surface area contributed by atoms with E-state index in [0.29, 0.717) is 11.5 Å². The van der Waals surface area contributed by atoms with Crippen LogP contribution < -0.4 is 0 Å². The summed E-state index contributed by atoms with van der Waals surface area (Å²) in [7, 11) is 0. The van der Waals surface area contributed by atoms with E-state index in [-0.39, 0.29) is 5.78 Å². The molecule has 3 rings (SSSR count). The van der Waals surface area contributed by atoms with Crippen LogP contribution in [0.2, 0.25) is 0 Å². The van der Waals surface area contributed by atoms with Gasteiger partial charge in [0.2, 0.25) is 0 Å². The Morgan fingerprint density at radius 1 is 1.22 bits per heavy atom. The normalized spacial score (nSPS) is 12.2. The summed E-state index contributed by atoms with van der Waals surface area (Å²) in [6.45, 7) is 0. The number of nitrogens with zero attached hydrogens (tertiary/aromatic N) is 4. The SMILES string of the molecule is FC(F)(F)c1nc2nccc(-c3ccco3)n2n1. The number of furan rings is 1. The zero-order valence-corrected chi connectivity index (χ0v) is 8.72. The van der Waals surface area contributed by atoms with Crippen LogP contribution >= 0.6 is 0 Å². The van der Waals surface area contributed by atoms with E-state index in [1.807, 2.05) is 0 Å². The van der Waals surface area contributed by atoms with Crippen molar-refractivity contribution in [1.82, 2.24) is 19.6 Å². The Labute approximate surface area is 97.9 Å². The van der Waals surface area contributed by atoms with Crippen molar-refractivity contribution in [2.24, 2.45) is 0 Å². The van der Waals surface area contributed by atoms with Crippen LogP contribution in [0.25, 0.3) is 17.2 Å². The fourth-order valence-electron chi connectivity index (χ4n) is 1.53. The van der Waals surface area contributed by atoms with Crippen LogP contribution in [-0.4, -0.2) is 19.6 Å². The summed E-state index contributed by atoms with van der Waals surface area (Å²) in [4.78, 5) is 7.06. The summed E-state index contributed by atoms with van der Waals surface area (Å²) in [5.74, 6) is -0.966. The van der Waals surface area contributed by atoms with Crippen molar-refractivity contribution >= 4 is 5.78 Å². The van der Waals surface area contributed by atoms with Crippen LogP contribution in [-0.2, 0) is 6.18 Å². The van der Waals surface area contributed by atoms with Gasteiger partial charge in [-0.15, -0.1) is 5.10 Å². The molecule has 0 aromatic carbocycles. The summed E-state index contributed by atoms with van der Waals surface area (Å²) in [5.41, 5.74) is 0.355. The second-order valence-corrected chi connectivity index (χ2v) is 3.45. The molecule has 0 aliphatic carbocycles. The summed E-state index contributed by atoms with van der Waals surface area (Å²) >= 11 is 0. The van der Waals surface area contributed by atoms with Crippen molar-refractivity contribution in [3.8, 4) is 11.5 Å². The third-order valence-electron chi connectivity index (χ3n) is 2.27. The molecular formula is C10H5F3N4O. The third-order valence-corrected chi connectivity index (χ3v) is 2.27. The molecule has 0 spiro atoms. The van der Waals surface area contributed by atoms with Gasteiger partial charge in [0.25, 0.3) is 11.6 Å². The lowest BCUT2D eigenvalue weighted by molar-refractivity contribution is -0.144. The van der Waals surface area contributed by atoms with E-state index in [1.54, 1.807) is 12.1 Å². The molecule has 92 valence electrons. The van der Waals surface area contributed by atoms with Crippen LogP contribution in [0.4, 0.5) is 13.2 Å². The van der Waals surface area contributed by atoms with Gasteiger partial charge in [-0.1, -0.05) is 0 Å². The summed E-state index contributed by atoms with van der Waals surface area (Å²) in [5, 5.41) is 3.40. The van der Waals surface area contributed by atoms with E-state index < -0.39 is 12.0 Å². The molecule has 0 N–H and O–H groups in total. The number of rotatable bonds is 1. The summed E-state index contributed by atoms with van der Waals surface area (Å²) < 4.78 is 43.7. The highest BCUT2D eigenvalue weighted by Crippen LogP contribution is 2.27. The Kier molecular flexibility index (Phi) is 2.12. The molecule has 0 saturated heterocycles. The minimum atomic E-state index is -4.60. The lowest BCUT2D eigenvalue weighted by Gasteiger charge is -1.99. The summed E-state index contributed by atoms with van der Waals surface area (Å²) in [6, 6.07) is 4.74. The van der Waals surface area contributed by atoms with E-state index in [0.717, 1.165) is 4.52 Å². The molecule has 3 heterocycles. The number of hydrogen-bond donors (Lipinski definition) is 0. The highest BCUT2D eigenvalue weighted by molar-refractivity contribution is 5.54. The molecule has 8 heteroatoms. The van der Waals surface area contributed by atoms with Gasteiger partial charge in [0.1, 0.15) is 5.69 Å². The van der Waals surface area contributed by atoms with Crippen molar-refractivity contribution in [2.75, 3.05) is 0 Å². The summed E-state index contributed by atoms with van der Waals surface area (Å²) in [6.07, 6.45) is -1.83. The molecule has 0 saturated carbocycles. The van der Waals surface area contributed by atoms with Crippen LogP contribution in [0, 0.1) is 0 Å². The van der Waals surface area contributed by atoms with Crippen LogP contribution in [0.1, 0.15) is 5.82 Å². The van der Waals surface area contributed by atoms with E-state index in [1.165, 1.54) is 18.5 Å². The number of fused-ring (bicyclic) bond motifs is 1. The van der Waals surface area contributed by atoms with Gasteiger partial charge in [0, 0.05) is 6.20 Å². The Morgan fingerprint density at radius 2 is 2.06 bits per heavy atom. The number of halogens is 3. The van der Waals surface area contributed by atoms with E-state index in [2.05, 4.69) is 15.1 Å². The molecule has 0 aliphatic heterocycles. The van der Waals surface area contributed by atoms with Gasteiger partial charge in [-0.3, -0.25) is 0 Å². The lowest BCUT2D eigenvalue weighted by Crippen LogP contribution is -2.07. The molecule has 0 fully saturated rings. The van der Waals surface area contributed by atoms with Gasteiger partial charge in [0.05, 0.1) is 6.26 Å². The van der Waals surface area contributed by atoms with Crippen LogP contribution in [0.5, 0.6) is 0 Å². The first-order valence-electron chi connectivity index (χ1n) is 4.88. The molecule has 0 atom stereocenters. The van der Waals surface area contributed by atoms with Crippen molar-refractivity contribution in [3.63, 3.8) is 0 Å². The molecule has 3 aromatic heterocycles. The Hall–Kier alpha value is -2.38. The first kappa shape index (κ1) is 10.8. The Balaban J connectivity index is 2.25. The maximum Gasteiger partial charge on any atom is 0.453 e. The van der Waals surface area contributed by atoms with Gasteiger partial charge in [-0.25, -0.2) is 4.98 Å². The fraction of sp³-hybridized carbons (Fsp3) is 0.100.